The fourth-order valence-corrected chi connectivity index (χ4v) is 2.42. The number of benzene rings is 1. The second-order valence-corrected chi connectivity index (χ2v) is 5.55. The molecular weight excluding hydrogens is 278 g/mol. The summed E-state index contributed by atoms with van der Waals surface area (Å²) >= 11 is 0. The summed E-state index contributed by atoms with van der Waals surface area (Å²) < 4.78 is 7.37. The molecule has 0 saturated carbocycles. The molecule has 0 radical (unpaired) electrons. The highest BCUT2D eigenvalue weighted by atomic mass is 16.5. The number of nitrogens with zero attached hydrogens (tertiary/aromatic N) is 1. The average molecular weight is 301 g/mol. The van der Waals surface area contributed by atoms with E-state index in [-0.39, 0.29) is 18.3 Å². The van der Waals surface area contributed by atoms with Gasteiger partial charge in [-0.25, -0.2) is 0 Å². The van der Waals surface area contributed by atoms with E-state index in [1.807, 2.05) is 51.1 Å². The van der Waals surface area contributed by atoms with Crippen LogP contribution in [0.2, 0.25) is 0 Å². The molecule has 0 amide bonds. The first-order valence-electron chi connectivity index (χ1n) is 7.67. The minimum absolute atomic E-state index is 0.121. The predicted molar refractivity (Wildman–Crippen MR) is 88.1 cm³/mol. The number of rotatable bonds is 6. The van der Waals surface area contributed by atoms with Gasteiger partial charge in [0, 0.05) is 12.1 Å². The van der Waals surface area contributed by atoms with E-state index in [2.05, 4.69) is 0 Å². The molecule has 4 heteroatoms. The summed E-state index contributed by atoms with van der Waals surface area (Å²) in [6.07, 6.45) is 0.990. The Morgan fingerprint density at radius 1 is 1.14 bits per heavy atom. The van der Waals surface area contributed by atoms with Crippen molar-refractivity contribution in [2.75, 3.05) is 0 Å². The van der Waals surface area contributed by atoms with Crippen LogP contribution in [0.25, 0.3) is 11.3 Å². The number of pyridine rings is 1. The van der Waals surface area contributed by atoms with Crippen LogP contribution in [-0.4, -0.2) is 15.8 Å². The van der Waals surface area contributed by atoms with Gasteiger partial charge in [-0.2, -0.15) is 0 Å². The van der Waals surface area contributed by atoms with Crippen LogP contribution < -0.4 is 10.3 Å². The van der Waals surface area contributed by atoms with Gasteiger partial charge in [-0.05, 0) is 62.2 Å². The van der Waals surface area contributed by atoms with Crippen LogP contribution in [0.4, 0.5) is 0 Å². The summed E-state index contributed by atoms with van der Waals surface area (Å²) in [5, 5.41) is 9.26. The fourth-order valence-electron chi connectivity index (χ4n) is 2.42. The number of aromatic nitrogens is 1. The third-order valence-corrected chi connectivity index (χ3v) is 3.39. The van der Waals surface area contributed by atoms with E-state index in [4.69, 9.17) is 4.74 Å². The van der Waals surface area contributed by atoms with Crippen molar-refractivity contribution in [3.63, 3.8) is 0 Å². The third-order valence-electron chi connectivity index (χ3n) is 3.39. The molecule has 1 N–H and O–H groups in total. The van der Waals surface area contributed by atoms with Gasteiger partial charge in [0.2, 0.25) is 0 Å². The molecule has 2 rings (SSSR count). The second kappa shape index (κ2) is 7.27. The normalized spacial score (nSPS) is 11.0. The van der Waals surface area contributed by atoms with E-state index in [0.717, 1.165) is 23.4 Å². The predicted octanol–water partition coefficient (Wildman–Crippen LogP) is 3.20. The highest BCUT2D eigenvalue weighted by Gasteiger charge is 2.10. The highest BCUT2D eigenvalue weighted by molar-refractivity contribution is 5.61. The lowest BCUT2D eigenvalue weighted by atomic mass is 10.1. The van der Waals surface area contributed by atoms with Gasteiger partial charge in [-0.1, -0.05) is 6.92 Å². The largest absolute Gasteiger partial charge is 0.491 e. The molecular formula is C18H23NO3. The Kier molecular flexibility index (Phi) is 5.39. The summed E-state index contributed by atoms with van der Waals surface area (Å²) in [5.41, 5.74) is 2.13. The van der Waals surface area contributed by atoms with E-state index in [0.29, 0.717) is 12.1 Å². The van der Waals surface area contributed by atoms with E-state index < -0.39 is 0 Å². The van der Waals surface area contributed by atoms with Crippen LogP contribution in [0, 0.1) is 0 Å². The minimum atomic E-state index is -0.232. The molecule has 0 unspecified atom stereocenters. The van der Waals surface area contributed by atoms with Crippen molar-refractivity contribution in [3.8, 4) is 17.0 Å². The average Bonchev–Trinajstić information content (AvgIpc) is 2.50. The summed E-state index contributed by atoms with van der Waals surface area (Å²) in [7, 11) is 0. The van der Waals surface area contributed by atoms with Gasteiger partial charge >= 0.3 is 0 Å². The Hall–Kier alpha value is -2.07. The standard InChI is InChI=1S/C18H23NO3/c1-4-11-19-17(10-7-15(12-20)18(19)21)14-5-8-16(9-6-14)22-13(2)3/h5-10,13,20H,4,11-12H2,1-3H3. The summed E-state index contributed by atoms with van der Waals surface area (Å²) in [5.74, 6) is 0.815. The van der Waals surface area contributed by atoms with Crippen LogP contribution in [0.1, 0.15) is 32.8 Å². The molecule has 4 nitrogen and oxygen atoms in total. The number of ether oxygens (including phenoxy) is 1. The lowest BCUT2D eigenvalue weighted by Crippen LogP contribution is -2.25. The minimum Gasteiger partial charge on any atom is -0.491 e. The van der Waals surface area contributed by atoms with Crippen molar-refractivity contribution in [1.82, 2.24) is 4.57 Å². The Morgan fingerprint density at radius 2 is 1.82 bits per heavy atom. The summed E-state index contributed by atoms with van der Waals surface area (Å²) in [6, 6.07) is 11.3. The molecule has 0 atom stereocenters. The smallest absolute Gasteiger partial charge is 0.256 e. The number of aliphatic hydroxyl groups excluding tert-OH is 1. The van der Waals surface area contributed by atoms with Crippen LogP contribution in [0.5, 0.6) is 5.75 Å². The maximum Gasteiger partial charge on any atom is 0.256 e. The molecule has 22 heavy (non-hydrogen) atoms. The molecule has 0 aliphatic carbocycles. The number of hydrogen-bond acceptors (Lipinski definition) is 3. The van der Waals surface area contributed by atoms with Crippen LogP contribution in [0.15, 0.2) is 41.2 Å². The Labute approximate surface area is 131 Å². The molecule has 0 spiro atoms. The van der Waals surface area contributed by atoms with Crippen molar-refractivity contribution >= 4 is 0 Å². The van der Waals surface area contributed by atoms with Gasteiger partial charge in [0.25, 0.3) is 5.56 Å². The monoisotopic (exact) mass is 301 g/mol. The molecule has 1 aromatic heterocycles. The first kappa shape index (κ1) is 16.3. The van der Waals surface area contributed by atoms with E-state index in [1.54, 1.807) is 10.6 Å². The lowest BCUT2D eigenvalue weighted by molar-refractivity contribution is 0.242. The first-order chi connectivity index (χ1) is 10.6. The Morgan fingerprint density at radius 3 is 2.36 bits per heavy atom. The van der Waals surface area contributed by atoms with E-state index >= 15 is 0 Å². The molecule has 1 aromatic carbocycles. The Balaban J connectivity index is 2.43. The van der Waals surface area contributed by atoms with Crippen molar-refractivity contribution in [2.24, 2.45) is 0 Å². The Bertz CT molecular complexity index is 672. The quantitative estimate of drug-likeness (QED) is 0.891. The van der Waals surface area contributed by atoms with Crippen molar-refractivity contribution in [1.29, 1.82) is 0 Å². The lowest BCUT2D eigenvalue weighted by Gasteiger charge is -2.15. The molecule has 118 valence electrons. The van der Waals surface area contributed by atoms with Crippen LogP contribution in [0.3, 0.4) is 0 Å². The maximum atomic E-state index is 12.4. The van der Waals surface area contributed by atoms with Gasteiger partial charge in [-0.15, -0.1) is 0 Å². The molecule has 2 aromatic rings. The van der Waals surface area contributed by atoms with Crippen LogP contribution >= 0.6 is 0 Å². The summed E-state index contributed by atoms with van der Waals surface area (Å²) in [4.78, 5) is 12.4. The first-order valence-corrected chi connectivity index (χ1v) is 7.67. The fraction of sp³-hybridized carbons (Fsp3) is 0.389. The molecule has 0 saturated heterocycles. The third kappa shape index (κ3) is 3.57. The molecule has 0 aliphatic rings. The van der Waals surface area contributed by atoms with Crippen LogP contribution in [-0.2, 0) is 13.2 Å². The van der Waals surface area contributed by atoms with Crippen molar-refractivity contribution in [3.05, 3.63) is 52.3 Å². The van der Waals surface area contributed by atoms with Gasteiger partial charge in [0.05, 0.1) is 18.4 Å². The van der Waals surface area contributed by atoms with E-state index in [9.17, 15) is 9.90 Å². The van der Waals surface area contributed by atoms with Gasteiger partial charge < -0.3 is 14.4 Å². The van der Waals surface area contributed by atoms with Crippen molar-refractivity contribution in [2.45, 2.75) is 46.4 Å². The zero-order valence-electron chi connectivity index (χ0n) is 13.4. The van der Waals surface area contributed by atoms with Gasteiger partial charge in [0.1, 0.15) is 5.75 Å². The van der Waals surface area contributed by atoms with Gasteiger partial charge in [-0.3, -0.25) is 4.79 Å². The zero-order chi connectivity index (χ0) is 16.1. The molecule has 0 bridgehead atoms. The number of aliphatic hydroxyl groups is 1. The van der Waals surface area contributed by atoms with Crippen molar-refractivity contribution < 1.29 is 9.84 Å². The SMILES string of the molecule is CCCn1c(-c2ccc(OC(C)C)cc2)ccc(CO)c1=O. The molecule has 0 fully saturated rings. The maximum absolute atomic E-state index is 12.4. The highest BCUT2D eigenvalue weighted by Crippen LogP contribution is 2.22. The molecule has 0 aliphatic heterocycles. The second-order valence-electron chi connectivity index (χ2n) is 5.55. The zero-order valence-corrected chi connectivity index (χ0v) is 13.4. The van der Waals surface area contributed by atoms with E-state index in [1.165, 1.54) is 0 Å². The summed E-state index contributed by atoms with van der Waals surface area (Å²) in [6.45, 7) is 6.40. The number of hydrogen-bond donors (Lipinski definition) is 1. The molecule has 1 heterocycles. The van der Waals surface area contributed by atoms with Gasteiger partial charge in [0.15, 0.2) is 0 Å². The topological polar surface area (TPSA) is 51.5 Å².